The molecule has 1 aliphatic heterocycles. The van der Waals surface area contributed by atoms with Crippen LogP contribution in [-0.4, -0.2) is 21.3 Å². The van der Waals surface area contributed by atoms with Gasteiger partial charge in [0.15, 0.2) is 0 Å². The molecule has 0 amide bonds. The third-order valence-corrected chi connectivity index (χ3v) is 1.77. The lowest BCUT2D eigenvalue weighted by molar-refractivity contribution is 0.0697. The molecule has 0 atom stereocenters. The van der Waals surface area contributed by atoms with Gasteiger partial charge in [-0.25, -0.2) is 4.79 Å². The van der Waals surface area contributed by atoms with Crippen LogP contribution in [0.3, 0.4) is 0 Å². The van der Waals surface area contributed by atoms with E-state index in [4.69, 9.17) is 5.11 Å². The van der Waals surface area contributed by atoms with Crippen LogP contribution in [-0.2, 0) is 0 Å². The van der Waals surface area contributed by atoms with E-state index in [9.17, 15) is 4.79 Å². The minimum Gasteiger partial charge on any atom is -0.478 e. The van der Waals surface area contributed by atoms with Gasteiger partial charge in [-0.15, -0.1) is 0 Å². The molecule has 0 radical (unpaired) electrons. The van der Waals surface area contributed by atoms with Gasteiger partial charge < -0.3 is 5.11 Å². The van der Waals surface area contributed by atoms with Crippen molar-refractivity contribution in [2.75, 3.05) is 0 Å². The topological polar surface area (TPSA) is 63.1 Å². The Morgan fingerprint density at radius 2 is 2.00 bits per heavy atom. The van der Waals surface area contributed by atoms with Gasteiger partial charge in [-0.1, -0.05) is 6.07 Å². The summed E-state index contributed by atoms with van der Waals surface area (Å²) in [5.41, 5.74) is 1.79. The first-order valence-electron chi connectivity index (χ1n) is 3.72. The number of hydrogen-bond donors (Lipinski definition) is 1. The van der Waals surface area contributed by atoms with Crippen LogP contribution in [0, 0.1) is 0 Å². The Balaban J connectivity index is 2.61. The zero-order valence-electron chi connectivity index (χ0n) is 6.64. The summed E-state index contributed by atoms with van der Waals surface area (Å²) in [6.45, 7) is 0. The first kappa shape index (κ1) is 7.67. The molecular weight excluding hydrogens is 168 g/mol. The molecule has 4 nitrogen and oxygen atoms in total. The van der Waals surface area contributed by atoms with Crippen molar-refractivity contribution in [1.29, 1.82) is 0 Å². The fourth-order valence-electron chi connectivity index (χ4n) is 1.08. The van der Waals surface area contributed by atoms with E-state index >= 15 is 0 Å². The standard InChI is InChI=1S/C9H6N2O2/c12-9(13)6-1-2-7-5-10-11-8(7)4-3-6/h1-5H,(H,12,13). The van der Waals surface area contributed by atoms with Crippen molar-refractivity contribution >= 4 is 5.97 Å². The molecule has 2 aliphatic rings. The van der Waals surface area contributed by atoms with E-state index in [1.165, 1.54) is 12.1 Å². The van der Waals surface area contributed by atoms with Crippen molar-refractivity contribution in [3.05, 3.63) is 36.0 Å². The second-order valence-corrected chi connectivity index (χ2v) is 2.61. The first-order chi connectivity index (χ1) is 6.27. The lowest BCUT2D eigenvalue weighted by Crippen LogP contribution is -1.92. The highest BCUT2D eigenvalue weighted by molar-refractivity contribution is 5.88. The second kappa shape index (κ2) is 2.82. The van der Waals surface area contributed by atoms with Crippen LogP contribution in [0.2, 0.25) is 0 Å². The highest BCUT2D eigenvalue weighted by Crippen LogP contribution is 2.16. The zero-order valence-corrected chi connectivity index (χ0v) is 6.64. The number of carboxylic acids is 1. The Bertz CT molecular complexity index is 397. The number of aromatic nitrogens is 2. The average molecular weight is 174 g/mol. The summed E-state index contributed by atoms with van der Waals surface area (Å²) in [6.07, 6.45) is 1.60. The molecule has 0 aromatic rings. The SMILES string of the molecule is O=C(O)c1ccc2cnnc-2cc1. The van der Waals surface area contributed by atoms with Gasteiger partial charge in [0.25, 0.3) is 0 Å². The van der Waals surface area contributed by atoms with E-state index in [0.717, 1.165) is 5.56 Å². The summed E-state index contributed by atoms with van der Waals surface area (Å²) in [4.78, 5) is 10.6. The fraction of sp³-hybridized carbons (Fsp3) is 0. The molecule has 64 valence electrons. The summed E-state index contributed by atoms with van der Waals surface area (Å²) in [5, 5.41) is 16.2. The second-order valence-electron chi connectivity index (χ2n) is 2.61. The monoisotopic (exact) mass is 174 g/mol. The molecule has 0 unspecified atom stereocenters. The number of rotatable bonds is 1. The van der Waals surface area contributed by atoms with Crippen LogP contribution in [0.5, 0.6) is 0 Å². The summed E-state index contributed by atoms with van der Waals surface area (Å²) in [5.74, 6) is -0.939. The number of hydrogen-bond acceptors (Lipinski definition) is 3. The lowest BCUT2D eigenvalue weighted by atomic mass is 10.2. The van der Waals surface area contributed by atoms with Crippen LogP contribution >= 0.6 is 0 Å². The summed E-state index contributed by atoms with van der Waals surface area (Å²) in [7, 11) is 0. The maximum Gasteiger partial charge on any atom is 0.335 e. The van der Waals surface area contributed by atoms with Gasteiger partial charge in [0.1, 0.15) is 0 Å². The Kier molecular flexibility index (Phi) is 1.66. The molecule has 0 aromatic heterocycles. The van der Waals surface area contributed by atoms with Crippen molar-refractivity contribution < 1.29 is 9.90 Å². The minimum absolute atomic E-state index is 0.248. The zero-order chi connectivity index (χ0) is 9.26. The Morgan fingerprint density at radius 1 is 1.23 bits per heavy atom. The third kappa shape index (κ3) is 1.33. The highest BCUT2D eigenvalue weighted by Gasteiger charge is 2.05. The predicted molar refractivity (Wildman–Crippen MR) is 45.6 cm³/mol. The van der Waals surface area contributed by atoms with E-state index in [2.05, 4.69) is 10.2 Å². The molecule has 13 heavy (non-hydrogen) atoms. The number of aromatic carboxylic acids is 1. The van der Waals surface area contributed by atoms with Gasteiger partial charge in [0.05, 0.1) is 17.5 Å². The molecule has 0 saturated carbocycles. The van der Waals surface area contributed by atoms with Crippen molar-refractivity contribution in [2.45, 2.75) is 0 Å². The third-order valence-electron chi connectivity index (χ3n) is 1.77. The average Bonchev–Trinajstić information content (AvgIpc) is 2.44. The van der Waals surface area contributed by atoms with E-state index in [-0.39, 0.29) is 5.56 Å². The van der Waals surface area contributed by atoms with Crippen molar-refractivity contribution in [2.24, 2.45) is 0 Å². The summed E-state index contributed by atoms with van der Waals surface area (Å²) in [6, 6.07) is 6.39. The molecule has 1 heterocycles. The summed E-state index contributed by atoms with van der Waals surface area (Å²) < 4.78 is 0. The van der Waals surface area contributed by atoms with E-state index in [1.54, 1.807) is 18.3 Å². The Hall–Kier alpha value is -1.97. The van der Waals surface area contributed by atoms with E-state index in [1.807, 2.05) is 0 Å². The predicted octanol–water partition coefficient (Wildman–Crippen LogP) is 1.28. The molecular formula is C9H6N2O2. The maximum absolute atomic E-state index is 10.6. The van der Waals surface area contributed by atoms with Gasteiger partial charge in [-0.05, 0) is 18.2 Å². The van der Waals surface area contributed by atoms with Gasteiger partial charge >= 0.3 is 5.97 Å². The smallest absolute Gasteiger partial charge is 0.335 e. The summed E-state index contributed by atoms with van der Waals surface area (Å²) >= 11 is 0. The van der Waals surface area contributed by atoms with Crippen molar-refractivity contribution in [3.63, 3.8) is 0 Å². The molecule has 1 aliphatic carbocycles. The number of carboxylic acid groups (broad SMARTS) is 1. The van der Waals surface area contributed by atoms with Crippen LogP contribution in [0.4, 0.5) is 0 Å². The highest BCUT2D eigenvalue weighted by atomic mass is 16.4. The Morgan fingerprint density at radius 3 is 2.77 bits per heavy atom. The van der Waals surface area contributed by atoms with Crippen LogP contribution in [0.1, 0.15) is 10.4 Å². The molecule has 2 rings (SSSR count). The maximum atomic E-state index is 10.6. The largest absolute Gasteiger partial charge is 0.478 e. The number of carbonyl (C=O) groups is 1. The number of nitrogens with zero attached hydrogens (tertiary/aromatic N) is 2. The van der Waals surface area contributed by atoms with E-state index in [0.29, 0.717) is 5.69 Å². The van der Waals surface area contributed by atoms with Crippen LogP contribution in [0.15, 0.2) is 30.5 Å². The Labute approximate surface area is 74.2 Å². The molecule has 0 fully saturated rings. The van der Waals surface area contributed by atoms with E-state index < -0.39 is 5.97 Å². The van der Waals surface area contributed by atoms with Gasteiger partial charge in [0.2, 0.25) is 0 Å². The molecule has 1 N–H and O–H groups in total. The number of fused-ring (bicyclic) bond motifs is 1. The van der Waals surface area contributed by atoms with Crippen LogP contribution < -0.4 is 0 Å². The van der Waals surface area contributed by atoms with Gasteiger partial charge in [0, 0.05) is 5.56 Å². The van der Waals surface area contributed by atoms with Gasteiger partial charge in [-0.2, -0.15) is 10.2 Å². The lowest BCUT2D eigenvalue weighted by Gasteiger charge is -1.83. The van der Waals surface area contributed by atoms with Crippen LogP contribution in [0.25, 0.3) is 11.3 Å². The molecule has 0 spiro atoms. The fourth-order valence-corrected chi connectivity index (χ4v) is 1.08. The minimum atomic E-state index is -0.939. The quantitative estimate of drug-likeness (QED) is 0.707. The molecule has 0 saturated heterocycles. The molecule has 0 bridgehead atoms. The van der Waals surface area contributed by atoms with Gasteiger partial charge in [-0.3, -0.25) is 0 Å². The molecule has 4 heteroatoms. The van der Waals surface area contributed by atoms with Crippen molar-refractivity contribution in [3.8, 4) is 11.3 Å². The van der Waals surface area contributed by atoms with Crippen molar-refractivity contribution in [1.82, 2.24) is 10.2 Å². The normalized spacial score (nSPS) is 10.2. The first-order valence-corrected chi connectivity index (χ1v) is 3.72. The molecule has 0 aromatic carbocycles.